The summed E-state index contributed by atoms with van der Waals surface area (Å²) in [6.07, 6.45) is 1.44. The predicted molar refractivity (Wildman–Crippen MR) is 101 cm³/mol. The number of para-hydroxylation sites is 1. The molecule has 1 amide bonds. The van der Waals surface area contributed by atoms with Crippen LogP contribution in [0.3, 0.4) is 0 Å². The van der Waals surface area contributed by atoms with Gasteiger partial charge in [-0.1, -0.05) is 18.2 Å². The van der Waals surface area contributed by atoms with Gasteiger partial charge in [0.2, 0.25) is 0 Å². The molecule has 0 spiro atoms. The van der Waals surface area contributed by atoms with Crippen LogP contribution >= 0.6 is 0 Å². The van der Waals surface area contributed by atoms with Gasteiger partial charge in [-0.3, -0.25) is 9.69 Å². The summed E-state index contributed by atoms with van der Waals surface area (Å²) >= 11 is 0. The highest BCUT2D eigenvalue weighted by atomic mass is 16.5. The second-order valence-corrected chi connectivity index (χ2v) is 6.05. The normalized spacial score (nSPS) is 14.8. The second-order valence-electron chi connectivity index (χ2n) is 6.05. The molecular formula is C19H25N5O2. The zero-order valence-corrected chi connectivity index (χ0v) is 15.1. The quantitative estimate of drug-likeness (QED) is 0.815. The standard InChI is InChI=1S/C19H25N5O2/c1-2-24(16-6-4-3-5-7-16)18-14-17(21-15-22-18)19(25)20-8-9-23-10-12-26-13-11-23/h3-7,14-15H,2,8-13H2,1H3,(H,20,25). The molecule has 3 rings (SSSR count). The van der Waals surface area contributed by atoms with E-state index in [9.17, 15) is 4.79 Å². The number of carbonyl (C=O) groups is 1. The van der Waals surface area contributed by atoms with E-state index in [1.807, 2.05) is 35.2 Å². The summed E-state index contributed by atoms with van der Waals surface area (Å²) in [6, 6.07) is 11.7. The molecular weight excluding hydrogens is 330 g/mol. The Hall–Kier alpha value is -2.51. The first-order chi connectivity index (χ1) is 12.8. The molecule has 2 aromatic rings. The van der Waals surface area contributed by atoms with Crippen LogP contribution in [-0.2, 0) is 4.74 Å². The maximum absolute atomic E-state index is 12.4. The van der Waals surface area contributed by atoms with E-state index >= 15 is 0 Å². The van der Waals surface area contributed by atoms with E-state index in [2.05, 4.69) is 27.1 Å². The Kier molecular flexibility index (Phi) is 6.51. The molecule has 2 heterocycles. The molecule has 0 atom stereocenters. The molecule has 7 nitrogen and oxygen atoms in total. The van der Waals surface area contributed by atoms with Gasteiger partial charge in [-0.2, -0.15) is 0 Å². The van der Waals surface area contributed by atoms with E-state index in [4.69, 9.17) is 4.74 Å². The highest BCUT2D eigenvalue weighted by Crippen LogP contribution is 2.22. The Morgan fingerprint density at radius 2 is 2.00 bits per heavy atom. The van der Waals surface area contributed by atoms with Crippen molar-refractivity contribution in [2.75, 3.05) is 50.8 Å². The summed E-state index contributed by atoms with van der Waals surface area (Å²) in [5, 5.41) is 2.94. The first kappa shape index (κ1) is 18.3. The first-order valence-electron chi connectivity index (χ1n) is 9.01. The molecule has 0 saturated carbocycles. The summed E-state index contributed by atoms with van der Waals surface area (Å²) in [7, 11) is 0. The average molecular weight is 355 g/mol. The van der Waals surface area contributed by atoms with Crippen molar-refractivity contribution in [2.45, 2.75) is 6.92 Å². The second kappa shape index (κ2) is 9.26. The molecule has 1 aliphatic rings. The van der Waals surface area contributed by atoms with Crippen molar-refractivity contribution in [2.24, 2.45) is 0 Å². The monoisotopic (exact) mass is 355 g/mol. The maximum atomic E-state index is 12.4. The average Bonchev–Trinajstić information content (AvgIpc) is 2.70. The Morgan fingerprint density at radius 1 is 1.23 bits per heavy atom. The molecule has 0 bridgehead atoms. The molecule has 1 saturated heterocycles. The Morgan fingerprint density at radius 3 is 2.73 bits per heavy atom. The van der Waals surface area contributed by atoms with Crippen LogP contribution in [-0.4, -0.2) is 66.7 Å². The number of ether oxygens (including phenoxy) is 1. The number of morpholine rings is 1. The molecule has 1 fully saturated rings. The minimum absolute atomic E-state index is 0.175. The number of nitrogens with zero attached hydrogens (tertiary/aromatic N) is 4. The van der Waals surface area contributed by atoms with Crippen molar-refractivity contribution < 1.29 is 9.53 Å². The number of aromatic nitrogens is 2. The van der Waals surface area contributed by atoms with E-state index < -0.39 is 0 Å². The molecule has 26 heavy (non-hydrogen) atoms. The van der Waals surface area contributed by atoms with Crippen molar-refractivity contribution in [1.29, 1.82) is 0 Å². The Balaban J connectivity index is 1.61. The van der Waals surface area contributed by atoms with Crippen LogP contribution in [0.25, 0.3) is 0 Å². The van der Waals surface area contributed by atoms with Crippen LogP contribution in [0.1, 0.15) is 17.4 Å². The third kappa shape index (κ3) is 4.77. The lowest BCUT2D eigenvalue weighted by Gasteiger charge is -2.26. The fourth-order valence-electron chi connectivity index (χ4n) is 2.95. The topological polar surface area (TPSA) is 70.6 Å². The number of benzene rings is 1. The van der Waals surface area contributed by atoms with E-state index in [0.29, 0.717) is 18.1 Å². The lowest BCUT2D eigenvalue weighted by Crippen LogP contribution is -2.41. The van der Waals surface area contributed by atoms with Crippen LogP contribution < -0.4 is 10.2 Å². The number of amides is 1. The number of rotatable bonds is 7. The van der Waals surface area contributed by atoms with Crippen LogP contribution in [0.2, 0.25) is 0 Å². The van der Waals surface area contributed by atoms with Crippen molar-refractivity contribution in [3.63, 3.8) is 0 Å². The zero-order valence-electron chi connectivity index (χ0n) is 15.1. The smallest absolute Gasteiger partial charge is 0.270 e. The van der Waals surface area contributed by atoms with E-state index in [0.717, 1.165) is 45.1 Å². The molecule has 1 aliphatic heterocycles. The molecule has 0 unspecified atom stereocenters. The van der Waals surface area contributed by atoms with Gasteiger partial charge in [-0.15, -0.1) is 0 Å². The predicted octanol–water partition coefficient (Wildman–Crippen LogP) is 1.70. The number of hydrogen-bond donors (Lipinski definition) is 1. The van der Waals surface area contributed by atoms with Crippen molar-refractivity contribution in [1.82, 2.24) is 20.2 Å². The van der Waals surface area contributed by atoms with Gasteiger partial charge in [-0.25, -0.2) is 9.97 Å². The van der Waals surface area contributed by atoms with Gasteiger partial charge in [0.05, 0.1) is 13.2 Å². The van der Waals surface area contributed by atoms with Crippen LogP contribution in [0.15, 0.2) is 42.7 Å². The van der Waals surface area contributed by atoms with Gasteiger partial charge in [0.1, 0.15) is 17.8 Å². The third-order valence-electron chi connectivity index (χ3n) is 4.36. The molecule has 0 radical (unpaired) electrons. The van der Waals surface area contributed by atoms with Crippen LogP contribution in [0.4, 0.5) is 11.5 Å². The van der Waals surface area contributed by atoms with Gasteiger partial charge >= 0.3 is 0 Å². The fraction of sp³-hybridized carbons (Fsp3) is 0.421. The lowest BCUT2D eigenvalue weighted by molar-refractivity contribution is 0.0383. The summed E-state index contributed by atoms with van der Waals surface area (Å²) < 4.78 is 5.33. The summed E-state index contributed by atoms with van der Waals surface area (Å²) in [5.41, 5.74) is 1.42. The number of nitrogens with one attached hydrogen (secondary N) is 1. The fourth-order valence-corrected chi connectivity index (χ4v) is 2.95. The van der Waals surface area contributed by atoms with Gasteiger partial charge in [0, 0.05) is 44.5 Å². The minimum Gasteiger partial charge on any atom is -0.379 e. The summed E-state index contributed by atoms with van der Waals surface area (Å²) in [4.78, 5) is 25.2. The van der Waals surface area contributed by atoms with Crippen molar-refractivity contribution in [3.8, 4) is 0 Å². The van der Waals surface area contributed by atoms with Crippen molar-refractivity contribution >= 4 is 17.4 Å². The number of hydrogen-bond acceptors (Lipinski definition) is 6. The lowest BCUT2D eigenvalue weighted by atomic mass is 10.2. The third-order valence-corrected chi connectivity index (χ3v) is 4.36. The summed E-state index contributed by atoms with van der Waals surface area (Å²) in [5.74, 6) is 0.540. The maximum Gasteiger partial charge on any atom is 0.270 e. The van der Waals surface area contributed by atoms with Crippen LogP contribution in [0.5, 0.6) is 0 Å². The molecule has 1 N–H and O–H groups in total. The van der Waals surface area contributed by atoms with Gasteiger partial charge in [-0.05, 0) is 19.1 Å². The van der Waals surface area contributed by atoms with Crippen molar-refractivity contribution in [3.05, 3.63) is 48.4 Å². The molecule has 1 aromatic carbocycles. The molecule has 0 aliphatic carbocycles. The van der Waals surface area contributed by atoms with Gasteiger partial charge < -0.3 is 15.0 Å². The highest BCUT2D eigenvalue weighted by molar-refractivity contribution is 5.93. The largest absolute Gasteiger partial charge is 0.379 e. The van der Waals surface area contributed by atoms with Gasteiger partial charge in [0.25, 0.3) is 5.91 Å². The molecule has 1 aromatic heterocycles. The summed E-state index contributed by atoms with van der Waals surface area (Å²) in [6.45, 7) is 7.56. The minimum atomic E-state index is -0.175. The Labute approximate surface area is 154 Å². The van der Waals surface area contributed by atoms with E-state index in [1.54, 1.807) is 6.07 Å². The van der Waals surface area contributed by atoms with E-state index in [-0.39, 0.29) is 5.91 Å². The first-order valence-corrected chi connectivity index (χ1v) is 9.01. The molecule has 138 valence electrons. The number of anilines is 2. The zero-order chi connectivity index (χ0) is 18.2. The number of carbonyl (C=O) groups excluding carboxylic acids is 1. The highest BCUT2D eigenvalue weighted by Gasteiger charge is 2.14. The molecule has 7 heteroatoms. The SMILES string of the molecule is CCN(c1ccccc1)c1cc(C(=O)NCCN2CCOCC2)ncn1. The van der Waals surface area contributed by atoms with Gasteiger partial charge in [0.15, 0.2) is 0 Å². The van der Waals surface area contributed by atoms with E-state index in [1.165, 1.54) is 6.33 Å². The Bertz CT molecular complexity index is 704. The van der Waals surface area contributed by atoms with Crippen LogP contribution in [0, 0.1) is 0 Å².